The van der Waals surface area contributed by atoms with Crippen molar-refractivity contribution in [3.05, 3.63) is 29.8 Å². The second-order valence-corrected chi connectivity index (χ2v) is 10.8. The number of anilines is 1. The number of imide groups is 1. The number of hydrogen-bond acceptors (Lipinski definition) is 5. The number of hydrogen-bond donors (Lipinski definition) is 2. The molecule has 3 aliphatic rings. The molecule has 0 saturated carbocycles. The quantitative estimate of drug-likeness (QED) is 0.688. The lowest BCUT2D eigenvalue weighted by molar-refractivity contribution is -0.155. The number of carbonyl (C=O) groups is 2. The van der Waals surface area contributed by atoms with Gasteiger partial charge in [-0.2, -0.15) is 0 Å². The highest BCUT2D eigenvalue weighted by atomic mass is 16.2. The zero-order valence-corrected chi connectivity index (χ0v) is 20.0. The average molecular weight is 441 g/mol. The third-order valence-corrected chi connectivity index (χ3v) is 7.40. The molecule has 4 rings (SSSR count). The Kier molecular flexibility index (Phi) is 7.21. The van der Waals surface area contributed by atoms with Crippen molar-refractivity contribution in [3.63, 3.8) is 0 Å². The molecule has 0 aliphatic carbocycles. The first-order chi connectivity index (χ1) is 15.3. The molecule has 0 radical (unpaired) electrons. The minimum Gasteiger partial charge on any atom is -0.372 e. The van der Waals surface area contributed by atoms with Crippen LogP contribution in [0.1, 0.15) is 70.8 Å². The van der Waals surface area contributed by atoms with Crippen molar-refractivity contribution in [2.75, 3.05) is 37.6 Å². The number of benzene rings is 1. The second kappa shape index (κ2) is 9.92. The van der Waals surface area contributed by atoms with E-state index in [1.165, 1.54) is 36.3 Å². The monoisotopic (exact) mass is 440 g/mol. The summed E-state index contributed by atoms with van der Waals surface area (Å²) in [6, 6.07) is 9.20. The number of likely N-dealkylation sites (tertiary alicyclic amines) is 1. The van der Waals surface area contributed by atoms with Gasteiger partial charge in [0.1, 0.15) is 0 Å². The summed E-state index contributed by atoms with van der Waals surface area (Å²) in [6.07, 6.45) is 5.99. The summed E-state index contributed by atoms with van der Waals surface area (Å²) in [7, 11) is 0. The van der Waals surface area contributed by atoms with Crippen molar-refractivity contribution in [1.82, 2.24) is 15.5 Å². The van der Waals surface area contributed by atoms with Crippen LogP contribution in [0, 0.1) is 5.92 Å². The lowest BCUT2D eigenvalue weighted by Gasteiger charge is -2.39. The van der Waals surface area contributed by atoms with Crippen molar-refractivity contribution in [1.29, 1.82) is 0 Å². The molecular formula is C26H40N4O2. The van der Waals surface area contributed by atoms with Crippen molar-refractivity contribution in [2.24, 2.45) is 5.92 Å². The van der Waals surface area contributed by atoms with Gasteiger partial charge in [-0.1, -0.05) is 12.1 Å². The van der Waals surface area contributed by atoms with Crippen molar-refractivity contribution in [3.8, 4) is 0 Å². The molecule has 3 fully saturated rings. The topological polar surface area (TPSA) is 64.7 Å². The summed E-state index contributed by atoms with van der Waals surface area (Å²) in [5, 5.41) is 7.22. The molecule has 6 heteroatoms. The maximum Gasteiger partial charge on any atom is 0.237 e. The fourth-order valence-corrected chi connectivity index (χ4v) is 5.47. The molecule has 32 heavy (non-hydrogen) atoms. The summed E-state index contributed by atoms with van der Waals surface area (Å²) >= 11 is 0. The number of nitrogens with zero attached hydrogens (tertiary/aromatic N) is 2. The molecular weight excluding hydrogens is 400 g/mol. The highest BCUT2D eigenvalue weighted by Gasteiger charge is 2.40. The Hall–Kier alpha value is -1.92. The van der Waals surface area contributed by atoms with Crippen LogP contribution in [0.3, 0.4) is 0 Å². The van der Waals surface area contributed by atoms with Crippen LogP contribution in [-0.2, 0) is 9.59 Å². The predicted molar refractivity (Wildman–Crippen MR) is 129 cm³/mol. The maximum atomic E-state index is 13.1. The van der Waals surface area contributed by atoms with Gasteiger partial charge >= 0.3 is 0 Å². The molecule has 3 heterocycles. The van der Waals surface area contributed by atoms with Gasteiger partial charge < -0.3 is 15.5 Å². The largest absolute Gasteiger partial charge is 0.372 e. The Morgan fingerprint density at radius 2 is 1.62 bits per heavy atom. The van der Waals surface area contributed by atoms with Gasteiger partial charge in [-0.25, -0.2) is 0 Å². The van der Waals surface area contributed by atoms with Gasteiger partial charge in [0.25, 0.3) is 0 Å². The lowest BCUT2D eigenvalue weighted by Crippen LogP contribution is -2.53. The second-order valence-electron chi connectivity index (χ2n) is 10.8. The Balaban J connectivity index is 1.30. The first-order valence-electron chi connectivity index (χ1n) is 12.5. The van der Waals surface area contributed by atoms with Crippen LogP contribution in [-0.4, -0.2) is 61.0 Å². The zero-order chi connectivity index (χ0) is 22.7. The third kappa shape index (κ3) is 5.34. The number of rotatable bonds is 5. The lowest BCUT2D eigenvalue weighted by atomic mass is 9.86. The Bertz CT molecular complexity index is 787. The highest BCUT2D eigenvalue weighted by Crippen LogP contribution is 2.34. The molecule has 3 aliphatic heterocycles. The molecule has 2 N–H and O–H groups in total. The summed E-state index contributed by atoms with van der Waals surface area (Å²) in [5.74, 6) is 0.449. The van der Waals surface area contributed by atoms with E-state index in [-0.39, 0.29) is 17.7 Å². The van der Waals surface area contributed by atoms with Gasteiger partial charge in [0.05, 0.1) is 5.92 Å². The average Bonchev–Trinajstić information content (AvgIpc) is 2.78. The van der Waals surface area contributed by atoms with E-state index >= 15 is 0 Å². The number of carbonyl (C=O) groups excluding carboxylic acids is 2. The molecule has 176 valence electrons. The van der Waals surface area contributed by atoms with Gasteiger partial charge in [-0.15, -0.1) is 0 Å². The van der Waals surface area contributed by atoms with E-state index in [0.717, 1.165) is 44.2 Å². The van der Waals surface area contributed by atoms with Gasteiger partial charge in [0, 0.05) is 36.8 Å². The number of nitrogens with one attached hydrogen (secondary N) is 2. The molecule has 1 atom stereocenters. The fourth-order valence-electron chi connectivity index (χ4n) is 5.47. The van der Waals surface area contributed by atoms with Gasteiger partial charge in [-0.05, 0) is 96.1 Å². The first-order valence-corrected chi connectivity index (χ1v) is 12.5. The Labute approximate surface area is 193 Å². The summed E-state index contributed by atoms with van der Waals surface area (Å²) in [5.41, 5.74) is 1.80. The van der Waals surface area contributed by atoms with Crippen LogP contribution in [0.4, 0.5) is 5.69 Å². The van der Waals surface area contributed by atoms with Crippen molar-refractivity contribution >= 4 is 17.5 Å². The maximum absolute atomic E-state index is 13.1. The fraction of sp³-hybridized carbons (Fsp3) is 0.692. The third-order valence-electron chi connectivity index (χ3n) is 7.40. The molecule has 0 bridgehead atoms. The predicted octanol–water partition coefficient (Wildman–Crippen LogP) is 3.28. The number of piperidine rings is 3. The summed E-state index contributed by atoms with van der Waals surface area (Å²) < 4.78 is 0. The molecule has 6 nitrogen and oxygen atoms in total. The first kappa shape index (κ1) is 23.2. The minimum absolute atomic E-state index is 0.0483. The molecule has 0 spiro atoms. The molecule has 1 aromatic carbocycles. The Morgan fingerprint density at radius 1 is 0.969 bits per heavy atom. The molecule has 0 unspecified atom stereocenters. The minimum atomic E-state index is -0.472. The van der Waals surface area contributed by atoms with E-state index in [2.05, 4.69) is 39.8 Å². The van der Waals surface area contributed by atoms with E-state index in [4.69, 9.17) is 0 Å². The normalized spacial score (nSPS) is 24.3. The van der Waals surface area contributed by atoms with E-state index < -0.39 is 5.54 Å². The summed E-state index contributed by atoms with van der Waals surface area (Å²) in [4.78, 5) is 29.4. The van der Waals surface area contributed by atoms with Crippen LogP contribution in [0.5, 0.6) is 0 Å². The Morgan fingerprint density at radius 3 is 2.25 bits per heavy atom. The zero-order valence-electron chi connectivity index (χ0n) is 20.0. The van der Waals surface area contributed by atoms with Crippen LogP contribution in [0.2, 0.25) is 0 Å². The van der Waals surface area contributed by atoms with E-state index in [1.807, 2.05) is 20.8 Å². The van der Waals surface area contributed by atoms with Crippen molar-refractivity contribution < 1.29 is 9.59 Å². The molecule has 0 aromatic heterocycles. The van der Waals surface area contributed by atoms with Crippen molar-refractivity contribution in [2.45, 2.75) is 76.8 Å². The van der Waals surface area contributed by atoms with Gasteiger partial charge in [0.2, 0.25) is 11.8 Å². The van der Waals surface area contributed by atoms with Gasteiger partial charge in [0.15, 0.2) is 0 Å². The standard InChI is InChI=1S/C26H40N4O2/c1-26(2,3)30-24(31)9-8-23(25(30)32)20-4-6-22(7-5-20)29-16-12-19(13-17-29)18-28-21-10-14-27-15-11-21/h4-7,19,21,23,27-28H,8-18H2,1-3H3/t23-/m1/s1. The molecule has 1 aromatic rings. The summed E-state index contributed by atoms with van der Waals surface area (Å²) in [6.45, 7) is 11.4. The van der Waals surface area contributed by atoms with E-state index in [0.29, 0.717) is 18.9 Å². The SMILES string of the molecule is CC(C)(C)N1C(=O)CC[C@H](c2ccc(N3CCC(CNC4CCNCC4)CC3)cc2)C1=O. The smallest absolute Gasteiger partial charge is 0.237 e. The molecule has 3 saturated heterocycles. The van der Waals surface area contributed by atoms with Crippen LogP contribution in [0.25, 0.3) is 0 Å². The van der Waals surface area contributed by atoms with Crippen LogP contribution in [0.15, 0.2) is 24.3 Å². The van der Waals surface area contributed by atoms with Crippen LogP contribution >= 0.6 is 0 Å². The van der Waals surface area contributed by atoms with Crippen LogP contribution < -0.4 is 15.5 Å². The van der Waals surface area contributed by atoms with E-state index in [9.17, 15) is 9.59 Å². The number of amides is 2. The van der Waals surface area contributed by atoms with E-state index in [1.54, 1.807) is 0 Å². The van der Waals surface area contributed by atoms with Gasteiger partial charge in [-0.3, -0.25) is 14.5 Å². The molecule has 2 amide bonds. The highest BCUT2D eigenvalue weighted by molar-refractivity contribution is 6.01.